The Morgan fingerprint density at radius 3 is 2.79 bits per heavy atom. The van der Waals surface area contributed by atoms with E-state index in [1.165, 1.54) is 24.0 Å². The average Bonchev–Trinajstić information content (AvgIpc) is 3.01. The van der Waals surface area contributed by atoms with Crippen molar-refractivity contribution in [2.24, 2.45) is 0 Å². The van der Waals surface area contributed by atoms with Crippen molar-refractivity contribution in [3.8, 4) is 0 Å². The summed E-state index contributed by atoms with van der Waals surface area (Å²) < 4.78 is 0. The molecule has 1 aromatic rings. The van der Waals surface area contributed by atoms with Gasteiger partial charge in [-0.05, 0) is 36.0 Å². The highest BCUT2D eigenvalue weighted by molar-refractivity contribution is 6.31. The second-order valence-electron chi connectivity index (χ2n) is 4.14. The molecule has 1 unspecified atom stereocenters. The van der Waals surface area contributed by atoms with E-state index in [0.29, 0.717) is 5.92 Å². The third-order valence-electron chi connectivity index (χ3n) is 2.88. The lowest BCUT2D eigenvalue weighted by Crippen LogP contribution is -1.99. The molecule has 14 heavy (non-hydrogen) atoms. The number of hydrogen-bond donors (Lipinski definition) is 1. The van der Waals surface area contributed by atoms with Gasteiger partial charge in [0, 0.05) is 17.5 Å². The van der Waals surface area contributed by atoms with Crippen LogP contribution in [-0.4, -0.2) is 11.7 Å². The fourth-order valence-electron chi connectivity index (χ4n) is 1.68. The molecule has 0 aliphatic heterocycles. The number of hydrogen-bond acceptors (Lipinski definition) is 1. The summed E-state index contributed by atoms with van der Waals surface area (Å²) in [6, 6.07) is 6.12. The van der Waals surface area contributed by atoms with Crippen LogP contribution in [0.3, 0.4) is 0 Å². The van der Waals surface area contributed by atoms with Gasteiger partial charge < -0.3 is 5.11 Å². The first-order chi connectivity index (χ1) is 6.72. The Morgan fingerprint density at radius 2 is 2.21 bits per heavy atom. The second kappa shape index (κ2) is 3.92. The Kier molecular flexibility index (Phi) is 2.80. The summed E-state index contributed by atoms with van der Waals surface area (Å²) >= 11 is 6.12. The number of aliphatic hydroxyl groups is 1. The topological polar surface area (TPSA) is 20.2 Å². The summed E-state index contributed by atoms with van der Waals surface area (Å²) in [7, 11) is 0. The summed E-state index contributed by atoms with van der Waals surface area (Å²) in [5.74, 6) is 0.887. The maximum atomic E-state index is 9.07. The molecule has 0 saturated heterocycles. The summed E-state index contributed by atoms with van der Waals surface area (Å²) in [5, 5.41) is 9.95. The van der Waals surface area contributed by atoms with Gasteiger partial charge in [-0.2, -0.15) is 0 Å². The molecule has 0 bridgehead atoms. The Hall–Kier alpha value is -0.530. The first kappa shape index (κ1) is 10.0. The Morgan fingerprint density at radius 1 is 1.50 bits per heavy atom. The smallest absolute Gasteiger partial charge is 0.0497 e. The van der Waals surface area contributed by atoms with Crippen molar-refractivity contribution in [2.75, 3.05) is 6.61 Å². The highest BCUT2D eigenvalue weighted by Gasteiger charge is 2.26. The number of halogens is 1. The van der Waals surface area contributed by atoms with Crippen LogP contribution in [-0.2, 0) is 0 Å². The molecule has 1 nitrogen and oxygen atoms in total. The molecule has 0 radical (unpaired) electrons. The van der Waals surface area contributed by atoms with Crippen LogP contribution in [0.25, 0.3) is 0 Å². The van der Waals surface area contributed by atoms with Crippen LogP contribution in [0.5, 0.6) is 0 Å². The molecule has 1 aliphatic carbocycles. The fraction of sp³-hybridized carbons (Fsp3) is 0.500. The maximum absolute atomic E-state index is 9.07. The Balaban J connectivity index is 2.30. The molecule has 0 aromatic heterocycles. The van der Waals surface area contributed by atoms with Crippen molar-refractivity contribution in [1.29, 1.82) is 0 Å². The predicted molar refractivity (Wildman–Crippen MR) is 58.9 cm³/mol. The SMILES string of the molecule is CC(CO)c1ccc(Cl)c(C2CC2)c1. The lowest BCUT2D eigenvalue weighted by atomic mass is 9.98. The zero-order valence-electron chi connectivity index (χ0n) is 8.33. The minimum Gasteiger partial charge on any atom is -0.396 e. The lowest BCUT2D eigenvalue weighted by molar-refractivity contribution is 0.273. The van der Waals surface area contributed by atoms with Crippen LogP contribution < -0.4 is 0 Å². The molecule has 1 fully saturated rings. The molecule has 1 aromatic carbocycles. The molecular weight excluding hydrogens is 196 g/mol. The third-order valence-corrected chi connectivity index (χ3v) is 3.22. The van der Waals surface area contributed by atoms with Gasteiger partial charge >= 0.3 is 0 Å². The molecule has 2 rings (SSSR count). The van der Waals surface area contributed by atoms with E-state index in [9.17, 15) is 0 Å². The summed E-state index contributed by atoms with van der Waals surface area (Å²) in [5.41, 5.74) is 2.46. The van der Waals surface area contributed by atoms with Crippen molar-refractivity contribution >= 4 is 11.6 Å². The highest BCUT2D eigenvalue weighted by Crippen LogP contribution is 2.43. The van der Waals surface area contributed by atoms with Gasteiger partial charge in [0.15, 0.2) is 0 Å². The van der Waals surface area contributed by atoms with Gasteiger partial charge in [-0.25, -0.2) is 0 Å². The largest absolute Gasteiger partial charge is 0.396 e. The predicted octanol–water partition coefficient (Wildman–Crippen LogP) is 3.31. The molecule has 76 valence electrons. The number of rotatable bonds is 3. The summed E-state index contributed by atoms with van der Waals surface area (Å²) in [4.78, 5) is 0. The van der Waals surface area contributed by atoms with Crippen molar-refractivity contribution < 1.29 is 5.11 Å². The molecule has 0 amide bonds. The van der Waals surface area contributed by atoms with Crippen molar-refractivity contribution in [1.82, 2.24) is 0 Å². The minimum atomic E-state index is 0.200. The van der Waals surface area contributed by atoms with E-state index in [2.05, 4.69) is 6.07 Å². The zero-order valence-corrected chi connectivity index (χ0v) is 9.09. The molecular formula is C12H15ClO. The van der Waals surface area contributed by atoms with Gasteiger partial charge in [0.2, 0.25) is 0 Å². The summed E-state index contributed by atoms with van der Waals surface area (Å²) in [6.45, 7) is 2.23. The fourth-order valence-corrected chi connectivity index (χ4v) is 1.95. The quantitative estimate of drug-likeness (QED) is 0.812. The van der Waals surface area contributed by atoms with Crippen LogP contribution in [0.15, 0.2) is 18.2 Å². The van der Waals surface area contributed by atoms with Gasteiger partial charge in [0.05, 0.1) is 0 Å². The van der Waals surface area contributed by atoms with Crippen LogP contribution in [0.1, 0.15) is 42.7 Å². The van der Waals surface area contributed by atoms with Crippen LogP contribution in [0.2, 0.25) is 5.02 Å². The molecule has 1 N–H and O–H groups in total. The van der Waals surface area contributed by atoms with Crippen molar-refractivity contribution in [3.63, 3.8) is 0 Å². The highest BCUT2D eigenvalue weighted by atomic mass is 35.5. The van der Waals surface area contributed by atoms with E-state index < -0.39 is 0 Å². The molecule has 0 spiro atoms. The molecule has 0 heterocycles. The van der Waals surface area contributed by atoms with E-state index in [4.69, 9.17) is 16.7 Å². The third kappa shape index (κ3) is 1.94. The standard InChI is InChI=1S/C12H15ClO/c1-8(7-14)10-4-5-12(13)11(6-10)9-2-3-9/h4-6,8-9,14H,2-3,7H2,1H3. The van der Waals surface area contributed by atoms with E-state index in [-0.39, 0.29) is 12.5 Å². The number of benzene rings is 1. The van der Waals surface area contributed by atoms with Gasteiger partial charge in [-0.15, -0.1) is 0 Å². The molecule has 2 heteroatoms. The Labute approximate surface area is 89.7 Å². The van der Waals surface area contributed by atoms with Gasteiger partial charge in [0.1, 0.15) is 0 Å². The van der Waals surface area contributed by atoms with Crippen molar-refractivity contribution in [2.45, 2.75) is 31.6 Å². The minimum absolute atomic E-state index is 0.200. The second-order valence-corrected chi connectivity index (χ2v) is 4.55. The van der Waals surface area contributed by atoms with E-state index in [1.807, 2.05) is 19.1 Å². The van der Waals surface area contributed by atoms with E-state index >= 15 is 0 Å². The summed E-state index contributed by atoms with van der Waals surface area (Å²) in [6.07, 6.45) is 2.52. The van der Waals surface area contributed by atoms with Gasteiger partial charge in [-0.3, -0.25) is 0 Å². The zero-order chi connectivity index (χ0) is 10.1. The molecule has 1 saturated carbocycles. The average molecular weight is 211 g/mol. The molecule has 1 aliphatic rings. The van der Waals surface area contributed by atoms with Crippen LogP contribution in [0, 0.1) is 0 Å². The van der Waals surface area contributed by atoms with Crippen LogP contribution in [0.4, 0.5) is 0 Å². The van der Waals surface area contributed by atoms with E-state index in [0.717, 1.165) is 5.02 Å². The van der Waals surface area contributed by atoms with Gasteiger partial charge in [0.25, 0.3) is 0 Å². The first-order valence-corrected chi connectivity index (χ1v) is 5.50. The first-order valence-electron chi connectivity index (χ1n) is 5.12. The monoisotopic (exact) mass is 210 g/mol. The Bertz CT molecular complexity index is 331. The molecule has 1 atom stereocenters. The van der Waals surface area contributed by atoms with Gasteiger partial charge in [-0.1, -0.05) is 30.7 Å². The van der Waals surface area contributed by atoms with Crippen LogP contribution >= 0.6 is 11.6 Å². The maximum Gasteiger partial charge on any atom is 0.0497 e. The lowest BCUT2D eigenvalue weighted by Gasteiger charge is -2.11. The number of aliphatic hydroxyl groups excluding tert-OH is 1. The van der Waals surface area contributed by atoms with E-state index in [1.54, 1.807) is 0 Å². The van der Waals surface area contributed by atoms with Crippen molar-refractivity contribution in [3.05, 3.63) is 34.3 Å². The normalized spacial score (nSPS) is 18.2.